The maximum atomic E-state index is 12.0. The van der Waals surface area contributed by atoms with Crippen LogP contribution in [0.25, 0.3) is 10.2 Å². The SMILES string of the molecule is Cc1nc(CN2CCN(C(=O)CO)CC2(C)C)c2cc(C3CCC(C)(C)CC3)sc2n1. The Bertz CT molecular complexity index is 958. The third-order valence-corrected chi connectivity index (χ3v) is 8.44. The Morgan fingerprint density at radius 2 is 1.90 bits per heavy atom. The third kappa shape index (κ3) is 4.78. The van der Waals surface area contributed by atoms with Crippen molar-refractivity contribution in [1.82, 2.24) is 19.8 Å². The molecule has 1 saturated carbocycles. The number of rotatable bonds is 4. The van der Waals surface area contributed by atoms with E-state index in [1.807, 2.05) is 18.3 Å². The number of thiophene rings is 1. The van der Waals surface area contributed by atoms with Crippen molar-refractivity contribution in [2.45, 2.75) is 78.3 Å². The molecule has 2 aromatic rings. The van der Waals surface area contributed by atoms with Crippen LogP contribution in [0.5, 0.6) is 0 Å². The van der Waals surface area contributed by atoms with Crippen LogP contribution in [0.1, 0.15) is 75.7 Å². The molecule has 3 heterocycles. The van der Waals surface area contributed by atoms with Crippen molar-refractivity contribution in [3.63, 3.8) is 0 Å². The molecule has 1 N–H and O–H groups in total. The summed E-state index contributed by atoms with van der Waals surface area (Å²) < 4.78 is 0. The van der Waals surface area contributed by atoms with E-state index in [9.17, 15) is 9.90 Å². The first-order valence-corrected chi connectivity index (χ1v) is 12.3. The van der Waals surface area contributed by atoms with Gasteiger partial charge < -0.3 is 10.0 Å². The van der Waals surface area contributed by atoms with E-state index in [0.29, 0.717) is 24.4 Å². The van der Waals surface area contributed by atoms with Crippen molar-refractivity contribution < 1.29 is 9.90 Å². The summed E-state index contributed by atoms with van der Waals surface area (Å²) in [4.78, 5) is 28.3. The average molecular weight is 445 g/mol. The quantitative estimate of drug-likeness (QED) is 0.769. The smallest absolute Gasteiger partial charge is 0.248 e. The zero-order valence-corrected chi connectivity index (χ0v) is 20.4. The van der Waals surface area contributed by atoms with Gasteiger partial charge in [-0.25, -0.2) is 9.97 Å². The number of carbonyl (C=O) groups is 1. The first-order valence-electron chi connectivity index (χ1n) is 11.5. The van der Waals surface area contributed by atoms with Crippen LogP contribution >= 0.6 is 11.3 Å². The molecule has 6 nitrogen and oxygen atoms in total. The first kappa shape index (κ1) is 22.6. The molecule has 0 radical (unpaired) electrons. The summed E-state index contributed by atoms with van der Waals surface area (Å²) in [5.41, 5.74) is 1.39. The summed E-state index contributed by atoms with van der Waals surface area (Å²) >= 11 is 1.85. The van der Waals surface area contributed by atoms with Gasteiger partial charge >= 0.3 is 0 Å². The second-order valence-corrected chi connectivity index (χ2v) is 11.8. The fourth-order valence-corrected chi connectivity index (χ4v) is 6.37. The van der Waals surface area contributed by atoms with Crippen molar-refractivity contribution in [1.29, 1.82) is 0 Å². The van der Waals surface area contributed by atoms with Gasteiger partial charge in [0.05, 0.1) is 5.69 Å². The Balaban J connectivity index is 1.57. The zero-order valence-electron chi connectivity index (χ0n) is 19.6. The van der Waals surface area contributed by atoms with Gasteiger partial charge in [-0.1, -0.05) is 13.8 Å². The molecule has 2 aliphatic rings. The molecule has 170 valence electrons. The number of carbonyl (C=O) groups excluding carboxylic acids is 1. The molecule has 4 rings (SSSR count). The number of nitrogens with zero attached hydrogens (tertiary/aromatic N) is 4. The fourth-order valence-electron chi connectivity index (χ4n) is 5.10. The van der Waals surface area contributed by atoms with Crippen LogP contribution < -0.4 is 0 Å². The van der Waals surface area contributed by atoms with E-state index in [1.54, 1.807) is 4.90 Å². The topological polar surface area (TPSA) is 69.6 Å². The molecular formula is C24H36N4O2S. The van der Waals surface area contributed by atoms with Crippen molar-refractivity contribution >= 4 is 27.5 Å². The zero-order chi connectivity index (χ0) is 22.4. The van der Waals surface area contributed by atoms with Gasteiger partial charge in [0.25, 0.3) is 0 Å². The summed E-state index contributed by atoms with van der Waals surface area (Å²) in [6, 6.07) is 2.36. The lowest BCUT2D eigenvalue weighted by atomic mass is 9.73. The third-order valence-electron chi connectivity index (χ3n) is 7.25. The fraction of sp³-hybridized carbons (Fsp3) is 0.708. The molecule has 0 unspecified atom stereocenters. The maximum absolute atomic E-state index is 12.0. The van der Waals surface area contributed by atoms with E-state index in [4.69, 9.17) is 9.97 Å². The van der Waals surface area contributed by atoms with E-state index in [2.05, 4.69) is 38.7 Å². The van der Waals surface area contributed by atoms with E-state index in [-0.39, 0.29) is 11.4 Å². The van der Waals surface area contributed by atoms with Crippen LogP contribution in [0.3, 0.4) is 0 Å². The molecule has 0 aromatic carbocycles. The van der Waals surface area contributed by atoms with Crippen molar-refractivity contribution in [3.8, 4) is 0 Å². The molecule has 1 aliphatic carbocycles. The van der Waals surface area contributed by atoms with Gasteiger partial charge in [0.1, 0.15) is 17.3 Å². The number of aromatic nitrogens is 2. The molecule has 2 aromatic heterocycles. The molecule has 0 atom stereocenters. The molecule has 2 fully saturated rings. The van der Waals surface area contributed by atoms with Crippen LogP contribution in [0.15, 0.2) is 6.07 Å². The van der Waals surface area contributed by atoms with Gasteiger partial charge in [0, 0.05) is 42.0 Å². The number of aryl methyl sites for hydroxylation is 1. The summed E-state index contributed by atoms with van der Waals surface area (Å²) in [6.07, 6.45) is 5.09. The van der Waals surface area contributed by atoms with Gasteiger partial charge in [0.2, 0.25) is 5.91 Å². The minimum Gasteiger partial charge on any atom is -0.387 e. The van der Waals surface area contributed by atoms with Crippen LogP contribution in [-0.2, 0) is 11.3 Å². The van der Waals surface area contributed by atoms with Crippen molar-refractivity contribution in [2.24, 2.45) is 5.41 Å². The molecule has 31 heavy (non-hydrogen) atoms. The van der Waals surface area contributed by atoms with E-state index < -0.39 is 6.61 Å². The number of piperazine rings is 1. The Morgan fingerprint density at radius 1 is 1.19 bits per heavy atom. The predicted molar refractivity (Wildman–Crippen MR) is 125 cm³/mol. The summed E-state index contributed by atoms with van der Waals surface area (Å²) in [5.74, 6) is 1.28. The van der Waals surface area contributed by atoms with Crippen LogP contribution in [0, 0.1) is 12.3 Å². The lowest BCUT2D eigenvalue weighted by Gasteiger charge is -2.47. The highest BCUT2D eigenvalue weighted by atomic mass is 32.1. The first-order chi connectivity index (χ1) is 14.6. The second kappa shape index (κ2) is 8.41. The second-order valence-electron chi connectivity index (χ2n) is 10.7. The number of amides is 1. The highest BCUT2D eigenvalue weighted by molar-refractivity contribution is 7.18. The lowest BCUT2D eigenvalue weighted by molar-refractivity contribution is -0.139. The molecule has 1 amide bonds. The van der Waals surface area contributed by atoms with E-state index >= 15 is 0 Å². The Morgan fingerprint density at radius 3 is 2.55 bits per heavy atom. The van der Waals surface area contributed by atoms with Gasteiger partial charge in [-0.05, 0) is 63.9 Å². The van der Waals surface area contributed by atoms with Crippen molar-refractivity contribution in [3.05, 3.63) is 22.5 Å². The summed E-state index contributed by atoms with van der Waals surface area (Å²) in [7, 11) is 0. The van der Waals surface area contributed by atoms with Crippen LogP contribution in [0.4, 0.5) is 0 Å². The highest BCUT2D eigenvalue weighted by Crippen LogP contribution is 2.45. The monoisotopic (exact) mass is 444 g/mol. The molecule has 7 heteroatoms. The largest absolute Gasteiger partial charge is 0.387 e. The molecule has 1 saturated heterocycles. The average Bonchev–Trinajstić information content (AvgIpc) is 3.12. The highest BCUT2D eigenvalue weighted by Gasteiger charge is 2.36. The van der Waals surface area contributed by atoms with Gasteiger partial charge in [-0.15, -0.1) is 11.3 Å². The molecular weight excluding hydrogens is 408 g/mol. The minimum atomic E-state index is -0.419. The van der Waals surface area contributed by atoms with Crippen molar-refractivity contribution in [2.75, 3.05) is 26.2 Å². The number of aliphatic hydroxyl groups excluding tert-OH is 1. The van der Waals surface area contributed by atoms with Gasteiger partial charge in [-0.3, -0.25) is 9.69 Å². The van der Waals surface area contributed by atoms with E-state index in [0.717, 1.165) is 29.4 Å². The molecule has 1 aliphatic heterocycles. The van der Waals surface area contributed by atoms with E-state index in [1.165, 1.54) is 35.9 Å². The standard InChI is InChI=1S/C24H36N4O2S/c1-16-25-19(13-28-11-10-27(21(30)14-29)15-24(28,4)5)18-12-20(31-22(18)26-16)17-6-8-23(2,3)9-7-17/h12,17,29H,6-11,13-15H2,1-5H3. The number of fused-ring (bicyclic) bond motifs is 1. The predicted octanol–water partition coefficient (Wildman–Crippen LogP) is 4.10. The Labute approximate surface area is 189 Å². The normalized spacial score (nSPS) is 22.2. The number of hydrogen-bond donors (Lipinski definition) is 1. The van der Waals surface area contributed by atoms with Crippen LogP contribution in [-0.4, -0.2) is 62.6 Å². The van der Waals surface area contributed by atoms with Crippen LogP contribution in [0.2, 0.25) is 0 Å². The number of hydrogen-bond acceptors (Lipinski definition) is 6. The Hall–Kier alpha value is -1.57. The summed E-state index contributed by atoms with van der Waals surface area (Å²) in [5, 5.41) is 10.4. The van der Waals surface area contributed by atoms with Gasteiger partial charge in [-0.2, -0.15) is 0 Å². The molecule has 0 spiro atoms. The molecule has 0 bridgehead atoms. The lowest BCUT2D eigenvalue weighted by Crippen LogP contribution is -2.60. The minimum absolute atomic E-state index is 0.179. The van der Waals surface area contributed by atoms with Gasteiger partial charge in [0.15, 0.2) is 0 Å². The maximum Gasteiger partial charge on any atom is 0.248 e. The summed E-state index contributed by atoms with van der Waals surface area (Å²) in [6.45, 7) is 13.4. The number of aliphatic hydroxyl groups is 1. The Kier molecular flexibility index (Phi) is 6.14.